The first-order chi connectivity index (χ1) is 8.97. The van der Waals surface area contributed by atoms with Crippen molar-refractivity contribution in [3.8, 4) is 5.69 Å². The summed E-state index contributed by atoms with van der Waals surface area (Å²) in [6.07, 6.45) is 1.54. The molecule has 0 aliphatic heterocycles. The van der Waals surface area contributed by atoms with Crippen LogP contribution < -0.4 is 5.32 Å². The van der Waals surface area contributed by atoms with Crippen molar-refractivity contribution in [2.24, 2.45) is 0 Å². The first-order valence-electron chi connectivity index (χ1n) is 6.21. The third kappa shape index (κ3) is 3.17. The second-order valence-electron chi connectivity index (χ2n) is 4.85. The number of rotatable bonds is 4. The highest BCUT2D eigenvalue weighted by Gasteiger charge is 2.14. The highest BCUT2D eigenvalue weighted by molar-refractivity contribution is 5.37. The Bertz CT molecular complexity index is 553. The number of nitrogens with one attached hydrogen (secondary N) is 1. The summed E-state index contributed by atoms with van der Waals surface area (Å²) in [4.78, 5) is 0. The Labute approximate surface area is 111 Å². The molecule has 19 heavy (non-hydrogen) atoms. The number of aromatic nitrogens is 2. The van der Waals surface area contributed by atoms with Crippen LogP contribution in [0.4, 0.5) is 8.78 Å². The molecule has 2 aromatic rings. The molecule has 0 amide bonds. The van der Waals surface area contributed by atoms with Gasteiger partial charge < -0.3 is 5.32 Å². The van der Waals surface area contributed by atoms with Gasteiger partial charge in [-0.25, -0.2) is 13.5 Å². The summed E-state index contributed by atoms with van der Waals surface area (Å²) in [5.74, 6) is -1.22. The van der Waals surface area contributed by atoms with Crippen LogP contribution in [0.2, 0.25) is 0 Å². The van der Waals surface area contributed by atoms with Gasteiger partial charge in [-0.3, -0.25) is 0 Å². The highest BCUT2D eigenvalue weighted by atomic mass is 19.1. The largest absolute Gasteiger partial charge is 0.310 e. The molecule has 5 heteroatoms. The molecular weight excluding hydrogens is 248 g/mol. The fraction of sp³-hybridized carbons (Fsp3) is 0.357. The van der Waals surface area contributed by atoms with E-state index in [2.05, 4.69) is 10.4 Å². The summed E-state index contributed by atoms with van der Waals surface area (Å²) in [7, 11) is 0. The van der Waals surface area contributed by atoms with Gasteiger partial charge in [0.05, 0.1) is 5.69 Å². The Hall–Kier alpha value is -1.75. The molecule has 0 saturated heterocycles. The molecule has 0 radical (unpaired) electrons. The number of aryl methyl sites for hydroxylation is 1. The van der Waals surface area contributed by atoms with Crippen molar-refractivity contribution in [1.82, 2.24) is 15.1 Å². The maximum absolute atomic E-state index is 14.0. The highest BCUT2D eigenvalue weighted by Crippen LogP contribution is 2.19. The van der Waals surface area contributed by atoms with Crippen LogP contribution in [0, 0.1) is 18.6 Å². The van der Waals surface area contributed by atoms with Crippen LogP contribution in [-0.4, -0.2) is 15.8 Å². The second kappa shape index (κ2) is 5.48. The van der Waals surface area contributed by atoms with Gasteiger partial charge in [0.25, 0.3) is 0 Å². The average molecular weight is 265 g/mol. The first-order valence-corrected chi connectivity index (χ1v) is 6.21. The van der Waals surface area contributed by atoms with E-state index < -0.39 is 11.6 Å². The maximum Gasteiger partial charge on any atom is 0.152 e. The molecule has 1 heterocycles. The maximum atomic E-state index is 14.0. The quantitative estimate of drug-likeness (QED) is 0.921. The molecule has 0 aliphatic rings. The summed E-state index contributed by atoms with van der Waals surface area (Å²) in [6, 6.07) is 4.64. The summed E-state index contributed by atoms with van der Waals surface area (Å²) in [5.41, 5.74) is 1.15. The second-order valence-corrected chi connectivity index (χ2v) is 4.85. The van der Waals surface area contributed by atoms with Crippen LogP contribution in [0.3, 0.4) is 0 Å². The van der Waals surface area contributed by atoms with Crippen molar-refractivity contribution in [1.29, 1.82) is 0 Å². The van der Waals surface area contributed by atoms with E-state index in [0.717, 1.165) is 0 Å². The van der Waals surface area contributed by atoms with Gasteiger partial charge in [-0.15, -0.1) is 0 Å². The van der Waals surface area contributed by atoms with Crippen molar-refractivity contribution < 1.29 is 8.78 Å². The van der Waals surface area contributed by atoms with Crippen LogP contribution in [0.25, 0.3) is 5.69 Å². The zero-order chi connectivity index (χ0) is 14.0. The summed E-state index contributed by atoms with van der Waals surface area (Å²) < 4.78 is 29.2. The molecular formula is C14H17F2N3. The molecule has 2 rings (SSSR count). The van der Waals surface area contributed by atoms with Gasteiger partial charge in [-0.05, 0) is 30.7 Å². The minimum atomic E-state index is -0.608. The molecule has 0 unspecified atom stereocenters. The number of benzene rings is 1. The Balaban J connectivity index is 2.32. The van der Waals surface area contributed by atoms with E-state index in [1.54, 1.807) is 19.2 Å². The lowest BCUT2D eigenvalue weighted by Crippen LogP contribution is -2.22. The van der Waals surface area contributed by atoms with Gasteiger partial charge in [0.1, 0.15) is 5.69 Å². The van der Waals surface area contributed by atoms with E-state index >= 15 is 0 Å². The SMILES string of the molecule is Cc1ccn(-c2c(F)cc(CNC(C)C)cc2F)n1. The lowest BCUT2D eigenvalue weighted by atomic mass is 10.1. The molecule has 0 spiro atoms. The van der Waals surface area contributed by atoms with E-state index in [1.165, 1.54) is 16.8 Å². The van der Waals surface area contributed by atoms with Gasteiger partial charge in [-0.1, -0.05) is 13.8 Å². The average Bonchev–Trinajstić information content (AvgIpc) is 2.72. The lowest BCUT2D eigenvalue weighted by molar-refractivity contribution is 0.545. The monoisotopic (exact) mass is 265 g/mol. The summed E-state index contributed by atoms with van der Waals surface area (Å²) in [6.45, 7) is 6.17. The summed E-state index contributed by atoms with van der Waals surface area (Å²) in [5, 5.41) is 7.15. The van der Waals surface area contributed by atoms with Gasteiger partial charge in [0.2, 0.25) is 0 Å². The molecule has 1 N–H and O–H groups in total. The van der Waals surface area contributed by atoms with Crippen LogP contribution in [0.1, 0.15) is 25.1 Å². The van der Waals surface area contributed by atoms with E-state index in [0.29, 0.717) is 17.8 Å². The molecule has 0 aliphatic carbocycles. The Morgan fingerprint density at radius 3 is 2.37 bits per heavy atom. The van der Waals surface area contributed by atoms with Crippen LogP contribution >= 0.6 is 0 Å². The lowest BCUT2D eigenvalue weighted by Gasteiger charge is -2.11. The molecule has 0 atom stereocenters. The van der Waals surface area contributed by atoms with Crippen molar-refractivity contribution in [2.45, 2.75) is 33.4 Å². The molecule has 102 valence electrons. The van der Waals surface area contributed by atoms with Gasteiger partial charge in [0.15, 0.2) is 11.6 Å². The van der Waals surface area contributed by atoms with E-state index in [1.807, 2.05) is 13.8 Å². The molecule has 0 fully saturated rings. The van der Waals surface area contributed by atoms with Gasteiger partial charge in [-0.2, -0.15) is 5.10 Å². The number of nitrogens with zero attached hydrogens (tertiary/aromatic N) is 2. The third-order valence-electron chi connectivity index (χ3n) is 2.74. The standard InChI is InChI=1S/C14H17F2N3/c1-9(2)17-8-11-6-12(15)14(13(16)7-11)19-5-4-10(3)18-19/h4-7,9,17H,8H2,1-3H3. The van der Waals surface area contributed by atoms with Crippen molar-refractivity contribution in [2.75, 3.05) is 0 Å². The van der Waals surface area contributed by atoms with Gasteiger partial charge in [0, 0.05) is 18.8 Å². The first kappa shape index (κ1) is 13.7. The fourth-order valence-electron chi connectivity index (χ4n) is 1.80. The number of halogens is 2. The Kier molecular flexibility index (Phi) is 3.95. The predicted molar refractivity (Wildman–Crippen MR) is 70.2 cm³/mol. The topological polar surface area (TPSA) is 29.9 Å². The van der Waals surface area contributed by atoms with E-state index in [4.69, 9.17) is 0 Å². The third-order valence-corrected chi connectivity index (χ3v) is 2.74. The minimum Gasteiger partial charge on any atom is -0.310 e. The molecule has 1 aromatic heterocycles. The number of hydrogen-bond acceptors (Lipinski definition) is 2. The summed E-state index contributed by atoms with van der Waals surface area (Å²) >= 11 is 0. The van der Waals surface area contributed by atoms with Crippen molar-refractivity contribution in [3.05, 3.63) is 47.3 Å². The van der Waals surface area contributed by atoms with E-state index in [-0.39, 0.29) is 11.7 Å². The van der Waals surface area contributed by atoms with Crippen LogP contribution in [0.15, 0.2) is 24.4 Å². The zero-order valence-electron chi connectivity index (χ0n) is 11.2. The zero-order valence-corrected chi connectivity index (χ0v) is 11.2. The molecule has 0 saturated carbocycles. The van der Waals surface area contributed by atoms with Crippen molar-refractivity contribution in [3.63, 3.8) is 0 Å². The molecule has 1 aromatic carbocycles. The predicted octanol–water partition coefficient (Wildman–Crippen LogP) is 2.96. The van der Waals surface area contributed by atoms with Crippen LogP contribution in [0.5, 0.6) is 0 Å². The van der Waals surface area contributed by atoms with Crippen LogP contribution in [-0.2, 0) is 6.54 Å². The Morgan fingerprint density at radius 1 is 1.26 bits per heavy atom. The number of hydrogen-bond donors (Lipinski definition) is 1. The molecule has 0 bridgehead atoms. The minimum absolute atomic E-state index is 0.138. The van der Waals surface area contributed by atoms with Gasteiger partial charge >= 0.3 is 0 Å². The van der Waals surface area contributed by atoms with Crippen molar-refractivity contribution >= 4 is 0 Å². The smallest absolute Gasteiger partial charge is 0.152 e. The fourth-order valence-corrected chi connectivity index (χ4v) is 1.80. The normalized spacial score (nSPS) is 11.3. The van der Waals surface area contributed by atoms with E-state index in [9.17, 15) is 8.78 Å². The Morgan fingerprint density at radius 2 is 1.89 bits per heavy atom. The molecule has 3 nitrogen and oxygen atoms in total.